The third-order valence-corrected chi connectivity index (χ3v) is 3.58. The summed E-state index contributed by atoms with van der Waals surface area (Å²) in [6.07, 6.45) is 1.59. The van der Waals surface area contributed by atoms with Crippen LogP contribution in [0.1, 0.15) is 16.1 Å². The van der Waals surface area contributed by atoms with E-state index in [1.54, 1.807) is 13.2 Å². The number of fused-ring (bicyclic) bond motifs is 1. The van der Waals surface area contributed by atoms with Gasteiger partial charge in [-0.1, -0.05) is 6.07 Å². The fraction of sp³-hybridized carbons (Fsp3) is 0.231. The van der Waals surface area contributed by atoms with Gasteiger partial charge in [-0.15, -0.1) is 0 Å². The lowest BCUT2D eigenvalue weighted by atomic mass is 10.2. The van der Waals surface area contributed by atoms with Crippen LogP contribution in [-0.2, 0) is 13.6 Å². The number of nitrogens with one attached hydrogen (secondary N) is 1. The molecule has 7 heteroatoms. The summed E-state index contributed by atoms with van der Waals surface area (Å²) in [5, 5.41) is 6.86. The van der Waals surface area contributed by atoms with Crippen molar-refractivity contribution in [3.05, 3.63) is 40.1 Å². The third kappa shape index (κ3) is 2.36. The van der Waals surface area contributed by atoms with Crippen LogP contribution in [0.15, 0.2) is 28.9 Å². The molecule has 20 heavy (non-hydrogen) atoms. The second kappa shape index (κ2) is 5.16. The topological polar surface area (TPSA) is 65.4 Å². The maximum atomic E-state index is 12.1. The number of hydrogen-bond acceptors (Lipinski definition) is 4. The SMILES string of the molecule is Cn1ncc(Br)c1C(=O)NCc1ccc2c(c1)OCO2. The number of hydrogen-bond donors (Lipinski definition) is 1. The Kier molecular flexibility index (Phi) is 3.35. The summed E-state index contributed by atoms with van der Waals surface area (Å²) in [5.74, 6) is 1.25. The van der Waals surface area contributed by atoms with Crippen molar-refractivity contribution in [2.45, 2.75) is 6.54 Å². The van der Waals surface area contributed by atoms with Crippen LogP contribution in [-0.4, -0.2) is 22.5 Å². The number of aromatic nitrogens is 2. The number of halogens is 1. The van der Waals surface area contributed by atoms with E-state index < -0.39 is 0 Å². The Morgan fingerprint density at radius 2 is 2.25 bits per heavy atom. The first-order valence-electron chi connectivity index (χ1n) is 5.99. The molecule has 1 aromatic carbocycles. The number of carbonyl (C=O) groups is 1. The van der Waals surface area contributed by atoms with Gasteiger partial charge >= 0.3 is 0 Å². The molecular formula is C13H12BrN3O3. The molecule has 2 aromatic rings. The molecule has 1 aliphatic heterocycles. The van der Waals surface area contributed by atoms with Crippen LogP contribution in [0.4, 0.5) is 0 Å². The van der Waals surface area contributed by atoms with Gasteiger partial charge in [0.15, 0.2) is 11.5 Å². The Balaban J connectivity index is 1.69. The monoisotopic (exact) mass is 337 g/mol. The molecule has 2 heterocycles. The lowest BCUT2D eigenvalue weighted by Crippen LogP contribution is -2.25. The zero-order chi connectivity index (χ0) is 14.1. The van der Waals surface area contributed by atoms with Gasteiger partial charge in [-0.05, 0) is 33.6 Å². The van der Waals surface area contributed by atoms with Crippen LogP contribution in [0.2, 0.25) is 0 Å². The average molecular weight is 338 g/mol. The highest BCUT2D eigenvalue weighted by molar-refractivity contribution is 9.10. The second-order valence-corrected chi connectivity index (χ2v) is 5.19. The van der Waals surface area contributed by atoms with Crippen molar-refractivity contribution in [2.24, 2.45) is 7.05 Å². The summed E-state index contributed by atoms with van der Waals surface area (Å²) in [7, 11) is 1.72. The summed E-state index contributed by atoms with van der Waals surface area (Å²) in [5.41, 5.74) is 1.44. The van der Waals surface area contributed by atoms with Gasteiger partial charge in [-0.2, -0.15) is 5.10 Å². The van der Waals surface area contributed by atoms with E-state index in [1.807, 2.05) is 18.2 Å². The van der Waals surface area contributed by atoms with Crippen molar-refractivity contribution in [1.29, 1.82) is 0 Å². The molecule has 0 spiro atoms. The minimum Gasteiger partial charge on any atom is -0.454 e. The van der Waals surface area contributed by atoms with Crippen LogP contribution in [0.3, 0.4) is 0 Å². The summed E-state index contributed by atoms with van der Waals surface area (Å²) in [4.78, 5) is 12.1. The first-order chi connectivity index (χ1) is 9.65. The van der Waals surface area contributed by atoms with E-state index in [4.69, 9.17) is 9.47 Å². The number of benzene rings is 1. The standard InChI is InChI=1S/C13H12BrN3O3/c1-17-12(9(14)6-16-17)13(18)15-5-8-2-3-10-11(4-8)20-7-19-10/h2-4,6H,5,7H2,1H3,(H,15,18). The van der Waals surface area contributed by atoms with Crippen molar-refractivity contribution in [2.75, 3.05) is 6.79 Å². The van der Waals surface area contributed by atoms with Crippen LogP contribution in [0.25, 0.3) is 0 Å². The Morgan fingerprint density at radius 1 is 1.45 bits per heavy atom. The molecule has 3 rings (SSSR count). The molecule has 0 aliphatic carbocycles. The average Bonchev–Trinajstić information content (AvgIpc) is 3.02. The van der Waals surface area contributed by atoms with E-state index >= 15 is 0 Å². The number of carbonyl (C=O) groups excluding carboxylic acids is 1. The Morgan fingerprint density at radius 3 is 3.00 bits per heavy atom. The molecule has 1 aliphatic rings. The molecule has 6 nitrogen and oxygen atoms in total. The molecule has 0 saturated carbocycles. The zero-order valence-corrected chi connectivity index (χ0v) is 12.3. The lowest BCUT2D eigenvalue weighted by molar-refractivity contribution is 0.0940. The molecule has 0 fully saturated rings. The number of rotatable bonds is 3. The maximum absolute atomic E-state index is 12.1. The third-order valence-electron chi connectivity index (χ3n) is 3.00. The number of aryl methyl sites for hydroxylation is 1. The summed E-state index contributed by atoms with van der Waals surface area (Å²) in [6, 6.07) is 5.59. The Hall–Kier alpha value is -2.02. The molecule has 0 unspecified atom stereocenters. The van der Waals surface area contributed by atoms with Gasteiger partial charge in [0, 0.05) is 13.6 Å². The highest BCUT2D eigenvalue weighted by Gasteiger charge is 2.16. The smallest absolute Gasteiger partial charge is 0.270 e. The van der Waals surface area contributed by atoms with Crippen LogP contribution in [0, 0.1) is 0 Å². The van der Waals surface area contributed by atoms with Crippen LogP contribution < -0.4 is 14.8 Å². The van der Waals surface area contributed by atoms with Gasteiger partial charge in [0.25, 0.3) is 5.91 Å². The normalized spacial score (nSPS) is 12.5. The predicted molar refractivity (Wildman–Crippen MR) is 74.6 cm³/mol. The molecule has 0 atom stereocenters. The quantitative estimate of drug-likeness (QED) is 0.928. The van der Waals surface area contributed by atoms with E-state index in [1.165, 1.54) is 4.68 Å². The zero-order valence-electron chi connectivity index (χ0n) is 10.7. The van der Waals surface area contributed by atoms with Crippen molar-refractivity contribution < 1.29 is 14.3 Å². The number of nitrogens with zero attached hydrogens (tertiary/aromatic N) is 2. The molecule has 1 amide bonds. The molecule has 104 valence electrons. The van der Waals surface area contributed by atoms with Gasteiger partial charge in [-0.25, -0.2) is 0 Å². The molecule has 0 radical (unpaired) electrons. The minimum absolute atomic E-state index is 0.186. The highest BCUT2D eigenvalue weighted by Crippen LogP contribution is 2.32. The van der Waals surface area contributed by atoms with Gasteiger partial charge in [0.1, 0.15) is 5.69 Å². The molecule has 1 aromatic heterocycles. The van der Waals surface area contributed by atoms with E-state index in [0.29, 0.717) is 22.5 Å². The summed E-state index contributed by atoms with van der Waals surface area (Å²) >= 11 is 3.30. The van der Waals surface area contributed by atoms with E-state index in [0.717, 1.165) is 11.3 Å². The van der Waals surface area contributed by atoms with Gasteiger partial charge in [0.2, 0.25) is 6.79 Å². The van der Waals surface area contributed by atoms with Crippen molar-refractivity contribution in [1.82, 2.24) is 15.1 Å². The largest absolute Gasteiger partial charge is 0.454 e. The first kappa shape index (κ1) is 13.0. The molecule has 1 N–H and O–H groups in total. The fourth-order valence-electron chi connectivity index (χ4n) is 1.98. The molecule has 0 saturated heterocycles. The van der Waals surface area contributed by atoms with E-state index in [2.05, 4.69) is 26.3 Å². The Labute approximate surface area is 123 Å². The van der Waals surface area contributed by atoms with Crippen LogP contribution in [0.5, 0.6) is 11.5 Å². The van der Waals surface area contributed by atoms with Crippen molar-refractivity contribution in [3.63, 3.8) is 0 Å². The van der Waals surface area contributed by atoms with Gasteiger partial charge in [0.05, 0.1) is 10.7 Å². The lowest BCUT2D eigenvalue weighted by Gasteiger charge is -2.07. The van der Waals surface area contributed by atoms with Crippen molar-refractivity contribution >= 4 is 21.8 Å². The minimum atomic E-state index is -0.186. The van der Waals surface area contributed by atoms with Gasteiger partial charge in [-0.3, -0.25) is 9.48 Å². The molecule has 0 bridgehead atoms. The number of amides is 1. The second-order valence-electron chi connectivity index (χ2n) is 4.34. The van der Waals surface area contributed by atoms with E-state index in [9.17, 15) is 4.79 Å². The predicted octanol–water partition coefficient (Wildman–Crippen LogP) is 1.84. The summed E-state index contributed by atoms with van der Waals surface area (Å²) < 4.78 is 12.7. The number of ether oxygens (including phenoxy) is 2. The Bertz CT molecular complexity index is 649. The highest BCUT2D eigenvalue weighted by atomic mass is 79.9. The molecular weight excluding hydrogens is 326 g/mol. The fourth-order valence-corrected chi connectivity index (χ4v) is 2.51. The van der Waals surface area contributed by atoms with Crippen molar-refractivity contribution in [3.8, 4) is 11.5 Å². The van der Waals surface area contributed by atoms with E-state index in [-0.39, 0.29) is 12.7 Å². The summed E-state index contributed by atoms with van der Waals surface area (Å²) in [6.45, 7) is 0.653. The first-order valence-corrected chi connectivity index (χ1v) is 6.78. The van der Waals surface area contributed by atoms with Crippen LogP contribution >= 0.6 is 15.9 Å². The maximum Gasteiger partial charge on any atom is 0.270 e. The van der Waals surface area contributed by atoms with Gasteiger partial charge < -0.3 is 14.8 Å².